The first-order valence-electron chi connectivity index (χ1n) is 5.09. The Balaban J connectivity index is 4.08. The number of esters is 2. The van der Waals surface area contributed by atoms with Gasteiger partial charge in [-0.15, -0.1) is 0 Å². The van der Waals surface area contributed by atoms with Crippen molar-refractivity contribution >= 4 is 17.7 Å². The molecule has 5 heteroatoms. The third-order valence-electron chi connectivity index (χ3n) is 2.27. The molecule has 0 aromatic heterocycles. The third kappa shape index (κ3) is 4.91. The van der Waals surface area contributed by atoms with Crippen molar-refractivity contribution in [1.29, 1.82) is 0 Å². The van der Waals surface area contributed by atoms with E-state index >= 15 is 0 Å². The van der Waals surface area contributed by atoms with E-state index in [-0.39, 0.29) is 18.6 Å². The van der Waals surface area contributed by atoms with Crippen LogP contribution in [0.15, 0.2) is 0 Å². The lowest BCUT2D eigenvalue weighted by molar-refractivity contribution is -0.147. The van der Waals surface area contributed by atoms with Crippen LogP contribution in [0.3, 0.4) is 0 Å². The molecule has 0 aliphatic carbocycles. The largest absolute Gasteiger partial charge is 0.469 e. The van der Waals surface area contributed by atoms with Crippen LogP contribution in [0.5, 0.6) is 0 Å². The third-order valence-corrected chi connectivity index (χ3v) is 2.27. The zero-order valence-corrected chi connectivity index (χ0v) is 10.1. The minimum atomic E-state index is -0.470. The van der Waals surface area contributed by atoms with Crippen molar-refractivity contribution in [2.24, 2.45) is 11.8 Å². The molecule has 0 aliphatic rings. The van der Waals surface area contributed by atoms with Gasteiger partial charge in [-0.05, 0) is 0 Å². The predicted octanol–water partition coefficient (Wildman–Crippen LogP) is 0.954. The second-order valence-electron chi connectivity index (χ2n) is 3.80. The number of carbonyl (C=O) groups is 3. The lowest BCUT2D eigenvalue weighted by atomic mass is 9.97. The minimum absolute atomic E-state index is 0.0913. The molecular formula is C11H18O5. The predicted molar refractivity (Wildman–Crippen MR) is 56.6 cm³/mol. The van der Waals surface area contributed by atoms with E-state index in [1.165, 1.54) is 14.2 Å². The van der Waals surface area contributed by atoms with Crippen molar-refractivity contribution in [2.75, 3.05) is 14.2 Å². The highest BCUT2D eigenvalue weighted by atomic mass is 16.5. The van der Waals surface area contributed by atoms with Gasteiger partial charge in [-0.25, -0.2) is 0 Å². The van der Waals surface area contributed by atoms with E-state index in [2.05, 4.69) is 9.47 Å². The zero-order valence-electron chi connectivity index (χ0n) is 10.1. The Hall–Kier alpha value is -1.39. The van der Waals surface area contributed by atoms with Crippen LogP contribution >= 0.6 is 0 Å². The van der Waals surface area contributed by atoms with Gasteiger partial charge in [0.15, 0.2) is 0 Å². The summed E-state index contributed by atoms with van der Waals surface area (Å²) in [4.78, 5) is 33.6. The van der Waals surface area contributed by atoms with Crippen molar-refractivity contribution in [3.05, 3.63) is 0 Å². The molecule has 0 bridgehead atoms. The maximum atomic E-state index is 11.5. The van der Waals surface area contributed by atoms with Crippen LogP contribution in [-0.4, -0.2) is 31.9 Å². The Morgan fingerprint density at radius 2 is 1.19 bits per heavy atom. The fourth-order valence-corrected chi connectivity index (χ4v) is 1.34. The molecule has 0 rings (SSSR count). The molecule has 0 N–H and O–H groups in total. The van der Waals surface area contributed by atoms with E-state index in [9.17, 15) is 14.4 Å². The summed E-state index contributed by atoms with van der Waals surface area (Å²) in [6.45, 7) is 3.24. The molecule has 0 aromatic carbocycles. The number of methoxy groups -OCH3 is 2. The van der Waals surface area contributed by atoms with Gasteiger partial charge < -0.3 is 9.47 Å². The van der Waals surface area contributed by atoms with Gasteiger partial charge in [0.25, 0.3) is 0 Å². The van der Waals surface area contributed by atoms with Gasteiger partial charge >= 0.3 is 11.9 Å². The number of carbonyl (C=O) groups excluding carboxylic acids is 3. The van der Waals surface area contributed by atoms with E-state index in [1.54, 1.807) is 13.8 Å². The highest BCUT2D eigenvalue weighted by molar-refractivity contribution is 5.87. The zero-order chi connectivity index (χ0) is 12.7. The fraction of sp³-hybridized carbons (Fsp3) is 0.727. The molecular weight excluding hydrogens is 212 g/mol. The highest BCUT2D eigenvalue weighted by Gasteiger charge is 2.21. The molecule has 2 atom stereocenters. The van der Waals surface area contributed by atoms with Crippen LogP contribution in [0.4, 0.5) is 0 Å². The number of hydrogen-bond donors (Lipinski definition) is 0. The molecule has 0 spiro atoms. The molecule has 16 heavy (non-hydrogen) atoms. The molecule has 0 fully saturated rings. The molecule has 0 radical (unpaired) electrons. The van der Waals surface area contributed by atoms with Crippen molar-refractivity contribution in [3.63, 3.8) is 0 Å². The summed E-state index contributed by atoms with van der Waals surface area (Å²) < 4.78 is 9.01. The van der Waals surface area contributed by atoms with Gasteiger partial charge in [0, 0.05) is 12.8 Å². The van der Waals surface area contributed by atoms with Crippen LogP contribution < -0.4 is 0 Å². The van der Waals surface area contributed by atoms with E-state index in [4.69, 9.17) is 0 Å². The number of ketones is 1. The molecule has 0 heterocycles. The first-order chi connectivity index (χ1) is 7.42. The number of ether oxygens (including phenoxy) is 2. The van der Waals surface area contributed by atoms with Crippen LogP contribution in [0, 0.1) is 11.8 Å². The quantitative estimate of drug-likeness (QED) is 0.635. The Labute approximate surface area is 95.1 Å². The van der Waals surface area contributed by atoms with Crippen LogP contribution in [0.1, 0.15) is 26.7 Å². The van der Waals surface area contributed by atoms with Crippen molar-refractivity contribution in [2.45, 2.75) is 26.7 Å². The summed E-state index contributed by atoms with van der Waals surface area (Å²) in [5, 5.41) is 0. The summed E-state index contributed by atoms with van der Waals surface area (Å²) >= 11 is 0. The second-order valence-corrected chi connectivity index (χ2v) is 3.80. The van der Waals surface area contributed by atoms with E-state index < -0.39 is 23.8 Å². The summed E-state index contributed by atoms with van der Waals surface area (Å²) in [6, 6.07) is 0. The number of Topliss-reactive ketones (excluding diaryl/α,β-unsaturated/α-hetero) is 1. The molecule has 2 unspecified atom stereocenters. The summed E-state index contributed by atoms with van der Waals surface area (Å²) in [5.41, 5.74) is 0. The Bertz CT molecular complexity index is 246. The van der Waals surface area contributed by atoms with E-state index in [0.717, 1.165) is 0 Å². The molecule has 0 saturated carbocycles. The first kappa shape index (κ1) is 14.6. The maximum Gasteiger partial charge on any atom is 0.308 e. The Morgan fingerprint density at radius 1 is 0.875 bits per heavy atom. The van der Waals surface area contributed by atoms with Crippen LogP contribution in [-0.2, 0) is 23.9 Å². The Kier molecular flexibility index (Phi) is 6.37. The summed E-state index contributed by atoms with van der Waals surface area (Å²) in [5.74, 6) is -1.92. The lowest BCUT2D eigenvalue weighted by Crippen LogP contribution is -2.21. The van der Waals surface area contributed by atoms with E-state index in [0.29, 0.717) is 0 Å². The van der Waals surface area contributed by atoms with Gasteiger partial charge in [-0.2, -0.15) is 0 Å². The monoisotopic (exact) mass is 230 g/mol. The Morgan fingerprint density at radius 3 is 1.44 bits per heavy atom. The average molecular weight is 230 g/mol. The second kappa shape index (κ2) is 6.98. The van der Waals surface area contributed by atoms with Crippen molar-refractivity contribution in [3.8, 4) is 0 Å². The first-order valence-corrected chi connectivity index (χ1v) is 5.09. The van der Waals surface area contributed by atoms with Gasteiger partial charge in [0.05, 0.1) is 26.1 Å². The standard InChI is InChI=1S/C11H18O5/c1-7(10(13)15-3)5-9(12)6-8(2)11(14)16-4/h7-8H,5-6H2,1-4H3. The molecule has 0 aliphatic heterocycles. The van der Waals surface area contributed by atoms with Gasteiger partial charge in [-0.3, -0.25) is 14.4 Å². The lowest BCUT2D eigenvalue weighted by Gasteiger charge is -2.10. The van der Waals surface area contributed by atoms with E-state index in [1.807, 2.05) is 0 Å². The summed E-state index contributed by atoms with van der Waals surface area (Å²) in [6.07, 6.45) is 0.183. The molecule has 0 aromatic rings. The van der Waals surface area contributed by atoms with Crippen molar-refractivity contribution < 1.29 is 23.9 Å². The SMILES string of the molecule is COC(=O)C(C)CC(=O)CC(C)C(=O)OC. The molecule has 0 saturated heterocycles. The molecule has 5 nitrogen and oxygen atoms in total. The number of rotatable bonds is 6. The topological polar surface area (TPSA) is 69.7 Å². The highest BCUT2D eigenvalue weighted by Crippen LogP contribution is 2.11. The number of hydrogen-bond acceptors (Lipinski definition) is 5. The van der Waals surface area contributed by atoms with Gasteiger partial charge in [0.2, 0.25) is 0 Å². The minimum Gasteiger partial charge on any atom is -0.469 e. The average Bonchev–Trinajstić information content (AvgIpc) is 2.26. The normalized spacial score (nSPS) is 13.8. The smallest absolute Gasteiger partial charge is 0.308 e. The molecule has 0 amide bonds. The fourth-order valence-electron chi connectivity index (χ4n) is 1.34. The molecule has 92 valence electrons. The van der Waals surface area contributed by atoms with Gasteiger partial charge in [0.1, 0.15) is 5.78 Å². The maximum absolute atomic E-state index is 11.5. The van der Waals surface area contributed by atoms with Gasteiger partial charge in [-0.1, -0.05) is 13.8 Å². The summed E-state index contributed by atoms with van der Waals surface area (Å²) in [7, 11) is 2.56. The van der Waals surface area contributed by atoms with Crippen LogP contribution in [0.2, 0.25) is 0 Å². The van der Waals surface area contributed by atoms with Crippen molar-refractivity contribution in [1.82, 2.24) is 0 Å². The van der Waals surface area contributed by atoms with Crippen LogP contribution in [0.25, 0.3) is 0 Å².